The van der Waals surface area contributed by atoms with Gasteiger partial charge >= 0.3 is 0 Å². The number of primary amides is 1. The molecule has 1 aliphatic rings. The highest BCUT2D eigenvalue weighted by molar-refractivity contribution is 7.99. The number of amides is 2. The molecule has 3 heterocycles. The van der Waals surface area contributed by atoms with Gasteiger partial charge in [-0.1, -0.05) is 23.9 Å². The van der Waals surface area contributed by atoms with Crippen LogP contribution in [0, 0.1) is 6.92 Å². The van der Waals surface area contributed by atoms with Crippen molar-refractivity contribution >= 4 is 29.3 Å². The van der Waals surface area contributed by atoms with Crippen LogP contribution in [0.5, 0.6) is 0 Å². The molecule has 1 atom stereocenters. The summed E-state index contributed by atoms with van der Waals surface area (Å²) < 4.78 is 13.2. The summed E-state index contributed by atoms with van der Waals surface area (Å²) in [5, 5.41) is 12.0. The Kier molecular flexibility index (Phi) is 6.38. The first-order valence-electron chi connectivity index (χ1n) is 9.93. The van der Waals surface area contributed by atoms with Gasteiger partial charge in [-0.05, 0) is 38.0 Å². The molecule has 1 aromatic carbocycles. The molecule has 4 rings (SSSR count). The number of nitrogens with one attached hydrogen (secondary N) is 1. The number of nitrogens with zero attached hydrogens (tertiary/aromatic N) is 3. The topological polar surface area (TPSA) is 125 Å². The molecule has 0 saturated carbocycles. The minimum absolute atomic E-state index is 0.0811. The van der Waals surface area contributed by atoms with Gasteiger partial charge in [0.2, 0.25) is 5.91 Å². The number of aryl methyl sites for hydroxylation is 1. The number of rotatable bonds is 8. The number of thioether (sulfide) groups is 1. The van der Waals surface area contributed by atoms with Crippen LogP contribution in [0.1, 0.15) is 29.0 Å². The number of ether oxygens (including phenoxy) is 1. The molecule has 162 valence electrons. The Bertz CT molecular complexity index is 1090. The summed E-state index contributed by atoms with van der Waals surface area (Å²) in [7, 11) is 0. The van der Waals surface area contributed by atoms with Crippen molar-refractivity contribution in [3.8, 4) is 11.4 Å². The molecule has 1 aliphatic heterocycles. The second kappa shape index (κ2) is 9.36. The van der Waals surface area contributed by atoms with E-state index in [-0.39, 0.29) is 23.3 Å². The fourth-order valence-electron chi connectivity index (χ4n) is 3.49. The van der Waals surface area contributed by atoms with Gasteiger partial charge < -0.3 is 20.2 Å². The Hall–Kier alpha value is -3.11. The van der Waals surface area contributed by atoms with Crippen molar-refractivity contribution in [3.05, 3.63) is 47.9 Å². The number of nitrogens with two attached hydrogens (primary N) is 1. The monoisotopic (exact) mass is 441 g/mol. The van der Waals surface area contributed by atoms with E-state index in [1.807, 2.05) is 17.6 Å². The highest BCUT2D eigenvalue weighted by Gasteiger charge is 2.23. The summed E-state index contributed by atoms with van der Waals surface area (Å²) >= 11 is 1.27. The standard InChI is InChI=1S/C21H23N5O4S/c1-13-15(8-10-29-13)20-24-25-21(26(20)11-14-5-4-9-30-14)31-12-18(27)23-17-7-3-2-6-16(17)19(22)28/h2-3,6-8,10,14H,4-5,9,11-12H2,1H3,(H2,22,28)(H,23,27). The molecule has 0 aliphatic carbocycles. The highest BCUT2D eigenvalue weighted by Crippen LogP contribution is 2.29. The summed E-state index contributed by atoms with van der Waals surface area (Å²) in [5.41, 5.74) is 6.89. The number of para-hydroxylation sites is 1. The average Bonchev–Trinajstić information content (AvgIpc) is 3.49. The molecule has 0 radical (unpaired) electrons. The second-order valence-corrected chi connectivity index (χ2v) is 8.13. The Balaban J connectivity index is 1.50. The Morgan fingerprint density at radius 1 is 1.29 bits per heavy atom. The third kappa shape index (κ3) is 4.80. The number of hydrogen-bond acceptors (Lipinski definition) is 7. The first-order chi connectivity index (χ1) is 15.0. The van der Waals surface area contributed by atoms with Gasteiger partial charge in [0.05, 0.1) is 41.5 Å². The van der Waals surface area contributed by atoms with Crippen molar-refractivity contribution in [2.75, 3.05) is 17.7 Å². The molecule has 1 fully saturated rings. The van der Waals surface area contributed by atoms with Crippen LogP contribution in [-0.4, -0.2) is 45.0 Å². The van der Waals surface area contributed by atoms with Crippen molar-refractivity contribution < 1.29 is 18.7 Å². The lowest BCUT2D eigenvalue weighted by atomic mass is 10.1. The van der Waals surface area contributed by atoms with Crippen LogP contribution in [0.3, 0.4) is 0 Å². The zero-order chi connectivity index (χ0) is 21.8. The normalized spacial score (nSPS) is 15.8. The molecule has 2 aromatic heterocycles. The predicted octanol–water partition coefficient (Wildman–Crippen LogP) is 2.86. The van der Waals surface area contributed by atoms with Crippen LogP contribution in [0.2, 0.25) is 0 Å². The SMILES string of the molecule is Cc1occc1-c1nnc(SCC(=O)Nc2ccccc2C(N)=O)n1CC1CCCO1. The number of anilines is 1. The third-order valence-electron chi connectivity index (χ3n) is 5.03. The van der Waals surface area contributed by atoms with E-state index in [0.717, 1.165) is 30.8 Å². The van der Waals surface area contributed by atoms with E-state index in [1.165, 1.54) is 11.8 Å². The van der Waals surface area contributed by atoms with Crippen molar-refractivity contribution in [1.29, 1.82) is 0 Å². The number of hydrogen-bond donors (Lipinski definition) is 2. The van der Waals surface area contributed by atoms with E-state index >= 15 is 0 Å². The first-order valence-corrected chi connectivity index (χ1v) is 10.9. The minimum Gasteiger partial charge on any atom is -0.469 e. The van der Waals surface area contributed by atoms with Gasteiger partial charge in [0.1, 0.15) is 5.76 Å². The maximum Gasteiger partial charge on any atom is 0.250 e. The minimum atomic E-state index is -0.597. The van der Waals surface area contributed by atoms with Gasteiger partial charge in [0.25, 0.3) is 5.91 Å². The van der Waals surface area contributed by atoms with Crippen LogP contribution >= 0.6 is 11.8 Å². The Morgan fingerprint density at radius 2 is 2.13 bits per heavy atom. The maximum atomic E-state index is 12.5. The summed E-state index contributed by atoms with van der Waals surface area (Å²) in [4.78, 5) is 24.1. The molecule has 3 N–H and O–H groups in total. The summed E-state index contributed by atoms with van der Waals surface area (Å²) in [5.74, 6) is 0.662. The van der Waals surface area contributed by atoms with Crippen LogP contribution in [0.4, 0.5) is 5.69 Å². The molecule has 3 aromatic rings. The van der Waals surface area contributed by atoms with Crippen LogP contribution in [0.25, 0.3) is 11.4 Å². The zero-order valence-electron chi connectivity index (χ0n) is 17.0. The molecule has 0 spiro atoms. The van der Waals surface area contributed by atoms with Crippen molar-refractivity contribution in [2.24, 2.45) is 5.73 Å². The molecule has 9 nitrogen and oxygen atoms in total. The predicted molar refractivity (Wildman–Crippen MR) is 116 cm³/mol. The van der Waals surface area contributed by atoms with Gasteiger partial charge in [0, 0.05) is 6.61 Å². The molecule has 1 saturated heterocycles. The van der Waals surface area contributed by atoms with Crippen molar-refractivity contribution in [2.45, 2.75) is 37.6 Å². The first kappa shape index (κ1) is 21.1. The summed E-state index contributed by atoms with van der Waals surface area (Å²) in [6, 6.07) is 8.49. The zero-order valence-corrected chi connectivity index (χ0v) is 17.9. The van der Waals surface area contributed by atoms with Gasteiger partial charge in [0.15, 0.2) is 11.0 Å². The average molecular weight is 442 g/mol. The molecule has 1 unspecified atom stereocenters. The van der Waals surface area contributed by atoms with Crippen molar-refractivity contribution in [1.82, 2.24) is 14.8 Å². The lowest BCUT2D eigenvalue weighted by Gasteiger charge is -2.14. The van der Waals surface area contributed by atoms with Gasteiger partial charge in [-0.3, -0.25) is 14.2 Å². The number of carbonyl (C=O) groups is 2. The lowest BCUT2D eigenvalue weighted by molar-refractivity contribution is -0.113. The number of aromatic nitrogens is 3. The molecular weight excluding hydrogens is 418 g/mol. The largest absolute Gasteiger partial charge is 0.469 e. The maximum absolute atomic E-state index is 12.5. The van der Waals surface area contributed by atoms with E-state index in [2.05, 4.69) is 15.5 Å². The number of furan rings is 1. The third-order valence-corrected chi connectivity index (χ3v) is 5.99. The summed E-state index contributed by atoms with van der Waals surface area (Å²) in [6.45, 7) is 3.22. The molecule has 0 bridgehead atoms. The Morgan fingerprint density at radius 3 is 2.84 bits per heavy atom. The van der Waals surface area contributed by atoms with Crippen LogP contribution < -0.4 is 11.1 Å². The van der Waals surface area contributed by atoms with E-state index in [4.69, 9.17) is 14.9 Å². The van der Waals surface area contributed by atoms with Crippen molar-refractivity contribution in [3.63, 3.8) is 0 Å². The van der Waals surface area contributed by atoms with E-state index in [1.54, 1.807) is 30.5 Å². The van der Waals surface area contributed by atoms with E-state index < -0.39 is 5.91 Å². The van der Waals surface area contributed by atoms with E-state index in [0.29, 0.717) is 23.2 Å². The molecular formula is C21H23N5O4S. The van der Waals surface area contributed by atoms with Crippen LogP contribution in [-0.2, 0) is 16.1 Å². The number of carbonyl (C=O) groups excluding carboxylic acids is 2. The van der Waals surface area contributed by atoms with Gasteiger partial charge in [-0.2, -0.15) is 0 Å². The smallest absolute Gasteiger partial charge is 0.250 e. The number of benzene rings is 1. The highest BCUT2D eigenvalue weighted by atomic mass is 32.2. The fourth-order valence-corrected chi connectivity index (χ4v) is 4.24. The molecule has 10 heteroatoms. The molecule has 2 amide bonds. The molecule has 31 heavy (non-hydrogen) atoms. The second-order valence-electron chi connectivity index (χ2n) is 7.19. The quantitative estimate of drug-likeness (QED) is 0.515. The fraction of sp³-hybridized carbons (Fsp3) is 0.333. The Labute approximate surface area is 183 Å². The van der Waals surface area contributed by atoms with Crippen LogP contribution in [0.15, 0.2) is 46.2 Å². The van der Waals surface area contributed by atoms with E-state index in [9.17, 15) is 9.59 Å². The lowest BCUT2D eigenvalue weighted by Crippen LogP contribution is -2.20. The van der Waals surface area contributed by atoms with Gasteiger partial charge in [-0.15, -0.1) is 10.2 Å². The summed E-state index contributed by atoms with van der Waals surface area (Å²) in [6.07, 6.45) is 3.69. The van der Waals surface area contributed by atoms with Gasteiger partial charge in [-0.25, -0.2) is 0 Å².